The van der Waals surface area contributed by atoms with Crippen LogP contribution in [0.15, 0.2) is 48.5 Å². The number of sulfonamides is 1. The number of unbranched alkanes of at least 4 members (excludes halogenated alkanes) is 8. The van der Waals surface area contributed by atoms with E-state index in [-0.39, 0.29) is 48.0 Å². The Bertz CT molecular complexity index is 1740. The van der Waals surface area contributed by atoms with Crippen LogP contribution in [-0.2, 0) is 40.4 Å². The predicted octanol–water partition coefficient (Wildman–Crippen LogP) is 3.07. The summed E-state index contributed by atoms with van der Waals surface area (Å²) < 4.78 is 29.1. The Morgan fingerprint density at radius 2 is 1.27 bits per heavy atom. The topological polar surface area (TPSA) is 249 Å². The van der Waals surface area contributed by atoms with Crippen molar-refractivity contribution in [2.24, 2.45) is 5.73 Å². The molecule has 336 valence electrons. The number of hydrogen-bond donors (Lipinski definition) is 8. The number of benzene rings is 2. The molecule has 0 aliphatic rings. The van der Waals surface area contributed by atoms with E-state index >= 15 is 0 Å². The lowest BCUT2D eigenvalue weighted by Gasteiger charge is -2.32. The van der Waals surface area contributed by atoms with Crippen molar-refractivity contribution < 1.29 is 42.6 Å². The lowest BCUT2D eigenvalue weighted by Crippen LogP contribution is -2.56. The van der Waals surface area contributed by atoms with Gasteiger partial charge in [0.2, 0.25) is 33.7 Å². The summed E-state index contributed by atoms with van der Waals surface area (Å²) in [5, 5.41) is 30.7. The standard InChI is InChI=1S/C43H69N7O9S/c1-6-7-8-9-10-11-12-15-26-45-27-28-60(58,59)49-37(16-13-14-25-44)43(57)50(5)39(34-19-23-36(53)24-20-34)42(56)47-31(3)40(54)48-38(41(55)46-30(2)32(4)51)29-33-17-21-35(52)22-18-33/h17-24,30-31,37-39,45,49,52-53H,6-16,25-29,44H2,1-5H3,(H,46,55)(H,47,56)(H,48,54)/t30-,31-,37-,38-,39-/m0/s1. The highest BCUT2D eigenvalue weighted by atomic mass is 32.2. The lowest BCUT2D eigenvalue weighted by molar-refractivity contribution is -0.141. The van der Waals surface area contributed by atoms with E-state index in [0.29, 0.717) is 31.5 Å². The van der Waals surface area contributed by atoms with Crippen molar-refractivity contribution in [3.63, 3.8) is 0 Å². The van der Waals surface area contributed by atoms with Crippen LogP contribution in [0.4, 0.5) is 0 Å². The van der Waals surface area contributed by atoms with Crippen LogP contribution in [-0.4, -0.2) is 110 Å². The van der Waals surface area contributed by atoms with Gasteiger partial charge in [0, 0.05) is 20.0 Å². The normalized spacial score (nSPS) is 14.0. The molecular formula is C43H69N7O9S. The van der Waals surface area contributed by atoms with Gasteiger partial charge >= 0.3 is 0 Å². The van der Waals surface area contributed by atoms with Crippen molar-refractivity contribution in [2.45, 2.75) is 135 Å². The Labute approximate surface area is 356 Å². The molecule has 0 radical (unpaired) electrons. The van der Waals surface area contributed by atoms with Crippen LogP contribution in [0.1, 0.15) is 115 Å². The highest BCUT2D eigenvalue weighted by molar-refractivity contribution is 7.89. The molecule has 2 rings (SSSR count). The number of carbonyl (C=O) groups excluding carboxylic acids is 5. The maximum absolute atomic E-state index is 14.2. The summed E-state index contributed by atoms with van der Waals surface area (Å²) in [6.07, 6.45) is 10.4. The van der Waals surface area contributed by atoms with Crippen LogP contribution in [0.5, 0.6) is 11.5 Å². The number of nitrogens with one attached hydrogen (secondary N) is 5. The second kappa shape index (κ2) is 27.3. The minimum Gasteiger partial charge on any atom is -0.508 e. The minimum atomic E-state index is -3.95. The van der Waals surface area contributed by atoms with Crippen molar-refractivity contribution in [3.05, 3.63) is 59.7 Å². The highest BCUT2D eigenvalue weighted by Crippen LogP contribution is 2.24. The molecule has 17 heteroatoms. The largest absolute Gasteiger partial charge is 0.508 e. The quantitative estimate of drug-likeness (QED) is 0.0531. The molecule has 0 bridgehead atoms. The predicted molar refractivity (Wildman–Crippen MR) is 232 cm³/mol. The summed E-state index contributed by atoms with van der Waals surface area (Å²) >= 11 is 0. The zero-order chi connectivity index (χ0) is 44.7. The number of Topliss-reactive ketones (excluding diaryl/α,β-unsaturated/α-hetero) is 1. The van der Waals surface area contributed by atoms with Gasteiger partial charge in [0.1, 0.15) is 35.7 Å². The number of rotatable bonds is 30. The molecule has 0 unspecified atom stereocenters. The van der Waals surface area contributed by atoms with Crippen molar-refractivity contribution >= 4 is 39.4 Å². The van der Waals surface area contributed by atoms with E-state index in [9.17, 15) is 42.6 Å². The lowest BCUT2D eigenvalue weighted by atomic mass is 10.0. The summed E-state index contributed by atoms with van der Waals surface area (Å²) in [6, 6.07) is 5.68. The van der Waals surface area contributed by atoms with Gasteiger partial charge in [-0.2, -0.15) is 0 Å². The highest BCUT2D eigenvalue weighted by Gasteiger charge is 2.36. The SMILES string of the molecule is CCCCCCCCCCNCCS(=O)(=O)N[C@@H](CCCCN)C(=O)N(C)[C@H](C(=O)N[C@@H](C)C(=O)N[C@@H](Cc1ccc(O)cc1)C(=O)N[C@@H](C)C(C)=O)c1ccc(O)cc1. The molecule has 0 aliphatic carbocycles. The van der Waals surface area contributed by atoms with Crippen molar-refractivity contribution in [2.75, 3.05) is 32.4 Å². The molecule has 0 spiro atoms. The Hall–Kier alpha value is -4.58. The van der Waals surface area contributed by atoms with Gasteiger partial charge in [-0.1, -0.05) is 82.6 Å². The summed E-state index contributed by atoms with van der Waals surface area (Å²) in [7, 11) is -2.60. The summed E-state index contributed by atoms with van der Waals surface area (Å²) in [4.78, 5) is 68.1. The van der Waals surface area contributed by atoms with E-state index in [1.165, 1.54) is 96.3 Å². The van der Waals surface area contributed by atoms with Crippen molar-refractivity contribution in [1.82, 2.24) is 30.9 Å². The number of amides is 4. The van der Waals surface area contributed by atoms with E-state index in [4.69, 9.17) is 5.73 Å². The molecular weight excluding hydrogens is 791 g/mol. The smallest absolute Gasteiger partial charge is 0.248 e. The van der Waals surface area contributed by atoms with Gasteiger partial charge in [-0.05, 0) is 88.5 Å². The first kappa shape index (κ1) is 51.6. The maximum atomic E-state index is 14.2. The van der Waals surface area contributed by atoms with Crippen molar-refractivity contribution in [3.8, 4) is 11.5 Å². The van der Waals surface area contributed by atoms with Gasteiger partial charge in [-0.3, -0.25) is 24.0 Å². The van der Waals surface area contributed by atoms with Gasteiger partial charge in [-0.25, -0.2) is 13.1 Å². The van der Waals surface area contributed by atoms with Gasteiger partial charge in [0.05, 0.1) is 11.8 Å². The third-order valence-electron chi connectivity index (χ3n) is 10.2. The molecule has 16 nitrogen and oxygen atoms in total. The molecule has 0 saturated carbocycles. The molecule has 0 aliphatic heterocycles. The van der Waals surface area contributed by atoms with Crippen LogP contribution in [0.2, 0.25) is 0 Å². The summed E-state index contributed by atoms with van der Waals surface area (Å²) in [5.41, 5.74) is 6.57. The number of phenols is 2. The zero-order valence-electron chi connectivity index (χ0n) is 36.0. The molecule has 9 N–H and O–H groups in total. The zero-order valence-corrected chi connectivity index (χ0v) is 36.8. The van der Waals surface area contributed by atoms with Crippen LogP contribution in [0.3, 0.4) is 0 Å². The van der Waals surface area contributed by atoms with Crippen LogP contribution in [0.25, 0.3) is 0 Å². The summed E-state index contributed by atoms with van der Waals surface area (Å²) in [5.74, 6) is -3.54. The van der Waals surface area contributed by atoms with Crippen LogP contribution in [0, 0.1) is 0 Å². The first-order chi connectivity index (χ1) is 28.5. The molecule has 2 aromatic rings. The number of likely N-dealkylation sites (N-methyl/N-ethyl adjacent to an activating group) is 1. The molecule has 0 saturated heterocycles. The first-order valence-electron chi connectivity index (χ1n) is 21.1. The number of hydrogen-bond acceptors (Lipinski definition) is 11. The maximum Gasteiger partial charge on any atom is 0.248 e. The Morgan fingerprint density at radius 1 is 0.700 bits per heavy atom. The number of aromatic hydroxyl groups is 2. The fourth-order valence-corrected chi connectivity index (χ4v) is 7.63. The Balaban J connectivity index is 2.22. The number of carbonyl (C=O) groups is 5. The number of nitrogens with two attached hydrogens (primary N) is 1. The van der Waals surface area contributed by atoms with Crippen molar-refractivity contribution in [1.29, 1.82) is 0 Å². The molecule has 60 heavy (non-hydrogen) atoms. The molecule has 5 atom stereocenters. The van der Waals surface area contributed by atoms with Gasteiger partial charge in [-0.15, -0.1) is 0 Å². The average molecular weight is 860 g/mol. The molecule has 0 fully saturated rings. The van der Waals surface area contributed by atoms with Crippen LogP contribution < -0.4 is 31.7 Å². The minimum absolute atomic E-state index is 0.00666. The second-order valence-corrected chi connectivity index (χ2v) is 17.3. The summed E-state index contributed by atoms with van der Waals surface area (Å²) in [6.45, 7) is 7.61. The monoisotopic (exact) mass is 859 g/mol. The van der Waals surface area contributed by atoms with E-state index in [2.05, 4.69) is 32.9 Å². The second-order valence-electron chi connectivity index (χ2n) is 15.4. The van der Waals surface area contributed by atoms with Gasteiger partial charge in [0.25, 0.3) is 0 Å². The molecule has 0 aromatic heterocycles. The van der Waals surface area contributed by atoms with E-state index in [0.717, 1.165) is 24.2 Å². The fraction of sp³-hybridized carbons (Fsp3) is 0.605. The van der Waals surface area contributed by atoms with Gasteiger partial charge < -0.3 is 42.1 Å². The average Bonchev–Trinajstić information content (AvgIpc) is 3.20. The fourth-order valence-electron chi connectivity index (χ4n) is 6.44. The third-order valence-corrected chi connectivity index (χ3v) is 11.6. The van der Waals surface area contributed by atoms with E-state index in [1.54, 1.807) is 12.1 Å². The molecule has 2 aromatic carbocycles. The Kier molecular flexibility index (Phi) is 23.5. The third kappa shape index (κ3) is 19.2. The number of phenolic OH excluding ortho intramolecular Hbond substituents is 2. The number of nitrogens with zero attached hydrogens (tertiary/aromatic N) is 1. The molecule has 4 amide bonds. The van der Waals surface area contributed by atoms with E-state index in [1.807, 2.05) is 0 Å². The van der Waals surface area contributed by atoms with E-state index < -0.39 is 63.9 Å². The van der Waals surface area contributed by atoms with Gasteiger partial charge in [0.15, 0.2) is 5.78 Å². The first-order valence-corrected chi connectivity index (χ1v) is 22.8. The van der Waals surface area contributed by atoms with Crippen LogP contribution >= 0.6 is 0 Å². The Morgan fingerprint density at radius 3 is 1.85 bits per heavy atom. The molecule has 0 heterocycles. The number of ketones is 1.